The van der Waals surface area contributed by atoms with Gasteiger partial charge in [0.15, 0.2) is 5.82 Å². The molecule has 0 radical (unpaired) electrons. The SMILES string of the molecule is CCNc1cc(-c2c(-c3nncn3C)cnn2C)cc(Cl)n1. The second-order valence-electron chi connectivity index (χ2n) is 4.89. The number of aromatic nitrogens is 6. The van der Waals surface area contributed by atoms with E-state index in [9.17, 15) is 0 Å². The van der Waals surface area contributed by atoms with Crippen molar-refractivity contribution in [2.75, 3.05) is 11.9 Å². The molecule has 7 nitrogen and oxygen atoms in total. The molecule has 3 rings (SSSR count). The van der Waals surface area contributed by atoms with Gasteiger partial charge in [-0.25, -0.2) is 4.98 Å². The first-order chi connectivity index (χ1) is 10.6. The fraction of sp³-hybridized carbons (Fsp3) is 0.286. The maximum Gasteiger partial charge on any atom is 0.167 e. The summed E-state index contributed by atoms with van der Waals surface area (Å²) in [7, 11) is 3.78. The maximum absolute atomic E-state index is 6.15. The summed E-state index contributed by atoms with van der Waals surface area (Å²) in [5.41, 5.74) is 2.74. The highest BCUT2D eigenvalue weighted by Gasteiger charge is 2.17. The van der Waals surface area contributed by atoms with Crippen LogP contribution >= 0.6 is 11.6 Å². The molecule has 22 heavy (non-hydrogen) atoms. The van der Waals surface area contributed by atoms with Crippen LogP contribution in [0.5, 0.6) is 0 Å². The van der Waals surface area contributed by atoms with Crippen molar-refractivity contribution in [1.29, 1.82) is 0 Å². The third-order valence-corrected chi connectivity index (χ3v) is 3.51. The van der Waals surface area contributed by atoms with E-state index < -0.39 is 0 Å². The molecule has 8 heteroatoms. The molecular weight excluding hydrogens is 302 g/mol. The molecule has 0 atom stereocenters. The van der Waals surface area contributed by atoms with E-state index in [1.165, 1.54) is 0 Å². The zero-order valence-electron chi connectivity index (χ0n) is 12.6. The molecule has 114 valence electrons. The Labute approximate surface area is 133 Å². The standard InChI is InChI=1S/C14H16ClN7/c1-4-16-12-6-9(5-11(15)19-12)13-10(7-18-22(13)3)14-20-17-8-21(14)2/h5-8H,4H2,1-3H3,(H,16,19). The van der Waals surface area contributed by atoms with Crippen molar-refractivity contribution >= 4 is 17.4 Å². The summed E-state index contributed by atoms with van der Waals surface area (Å²) in [5, 5.41) is 16.0. The van der Waals surface area contributed by atoms with Crippen LogP contribution in [0.25, 0.3) is 22.6 Å². The highest BCUT2D eigenvalue weighted by atomic mass is 35.5. The summed E-state index contributed by atoms with van der Waals surface area (Å²) in [6.45, 7) is 2.78. The zero-order chi connectivity index (χ0) is 15.7. The lowest BCUT2D eigenvalue weighted by atomic mass is 10.1. The zero-order valence-corrected chi connectivity index (χ0v) is 13.3. The van der Waals surface area contributed by atoms with Gasteiger partial charge in [-0.1, -0.05) is 11.6 Å². The van der Waals surface area contributed by atoms with Crippen LogP contribution in [-0.2, 0) is 14.1 Å². The Morgan fingerprint density at radius 2 is 2.09 bits per heavy atom. The minimum atomic E-state index is 0.429. The summed E-state index contributed by atoms with van der Waals surface area (Å²) < 4.78 is 3.65. The lowest BCUT2D eigenvalue weighted by Crippen LogP contribution is -2.01. The molecule has 3 aromatic rings. The van der Waals surface area contributed by atoms with Gasteiger partial charge in [0, 0.05) is 26.2 Å². The quantitative estimate of drug-likeness (QED) is 0.748. The van der Waals surface area contributed by atoms with Crippen molar-refractivity contribution in [2.45, 2.75) is 6.92 Å². The highest BCUT2D eigenvalue weighted by Crippen LogP contribution is 2.32. The van der Waals surface area contributed by atoms with E-state index in [4.69, 9.17) is 11.6 Å². The van der Waals surface area contributed by atoms with Crippen LogP contribution in [0.15, 0.2) is 24.7 Å². The molecule has 0 fully saturated rings. The van der Waals surface area contributed by atoms with Crippen LogP contribution in [0.2, 0.25) is 5.15 Å². The molecule has 0 aliphatic rings. The van der Waals surface area contributed by atoms with Crippen molar-refractivity contribution in [2.24, 2.45) is 14.1 Å². The van der Waals surface area contributed by atoms with Crippen molar-refractivity contribution in [3.8, 4) is 22.6 Å². The molecule has 0 spiro atoms. The fourth-order valence-electron chi connectivity index (χ4n) is 2.38. The Kier molecular flexibility index (Phi) is 3.81. The van der Waals surface area contributed by atoms with Crippen LogP contribution < -0.4 is 5.32 Å². The second kappa shape index (κ2) is 5.76. The minimum absolute atomic E-state index is 0.429. The molecule has 3 heterocycles. The van der Waals surface area contributed by atoms with Crippen molar-refractivity contribution < 1.29 is 0 Å². The van der Waals surface area contributed by atoms with Gasteiger partial charge in [0.2, 0.25) is 0 Å². The normalized spacial score (nSPS) is 10.9. The third-order valence-electron chi connectivity index (χ3n) is 3.32. The Balaban J connectivity index is 2.17. The summed E-state index contributed by atoms with van der Waals surface area (Å²) in [6.07, 6.45) is 3.44. The maximum atomic E-state index is 6.15. The molecule has 1 N–H and O–H groups in total. The van der Waals surface area contributed by atoms with E-state index in [1.807, 2.05) is 37.7 Å². The molecule has 0 aromatic carbocycles. The first-order valence-corrected chi connectivity index (χ1v) is 7.26. The number of halogens is 1. The van der Waals surface area contributed by atoms with Gasteiger partial charge in [-0.3, -0.25) is 4.68 Å². The van der Waals surface area contributed by atoms with Gasteiger partial charge in [0.25, 0.3) is 0 Å². The molecule has 3 aromatic heterocycles. The third kappa shape index (κ3) is 2.55. The molecule has 0 amide bonds. The molecule has 0 bridgehead atoms. The van der Waals surface area contributed by atoms with Crippen LogP contribution in [0, 0.1) is 0 Å². The molecular formula is C14H16ClN7. The lowest BCUT2D eigenvalue weighted by molar-refractivity contribution is 0.775. The predicted octanol–water partition coefficient (Wildman–Crippen LogP) is 2.36. The molecule has 0 saturated heterocycles. The topological polar surface area (TPSA) is 73.5 Å². The van der Waals surface area contributed by atoms with Crippen LogP contribution in [0.3, 0.4) is 0 Å². The molecule has 0 aliphatic heterocycles. The average molecular weight is 318 g/mol. The van der Waals surface area contributed by atoms with Crippen LogP contribution in [0.4, 0.5) is 5.82 Å². The van der Waals surface area contributed by atoms with E-state index in [0.29, 0.717) is 5.15 Å². The van der Waals surface area contributed by atoms with Gasteiger partial charge in [0.05, 0.1) is 17.5 Å². The first kappa shape index (κ1) is 14.5. The van der Waals surface area contributed by atoms with E-state index in [1.54, 1.807) is 17.2 Å². The molecule has 0 aliphatic carbocycles. The van der Waals surface area contributed by atoms with Gasteiger partial charge in [-0.15, -0.1) is 10.2 Å². The van der Waals surface area contributed by atoms with Crippen LogP contribution in [0.1, 0.15) is 6.92 Å². The van der Waals surface area contributed by atoms with E-state index in [0.717, 1.165) is 35.0 Å². The summed E-state index contributed by atoms with van der Waals surface area (Å²) >= 11 is 6.15. The average Bonchev–Trinajstić information content (AvgIpc) is 3.04. The number of rotatable bonds is 4. The van der Waals surface area contributed by atoms with Crippen LogP contribution in [-0.4, -0.2) is 36.1 Å². The van der Waals surface area contributed by atoms with Crippen molar-refractivity contribution in [3.63, 3.8) is 0 Å². The van der Waals surface area contributed by atoms with Gasteiger partial charge in [-0.2, -0.15) is 5.10 Å². The van der Waals surface area contributed by atoms with E-state index >= 15 is 0 Å². The minimum Gasteiger partial charge on any atom is -0.370 e. The second-order valence-corrected chi connectivity index (χ2v) is 5.28. The molecule has 0 unspecified atom stereocenters. The summed E-state index contributed by atoms with van der Waals surface area (Å²) in [6, 6.07) is 3.77. The summed E-state index contributed by atoms with van der Waals surface area (Å²) in [5.74, 6) is 1.48. The Morgan fingerprint density at radius 3 is 2.77 bits per heavy atom. The number of aryl methyl sites for hydroxylation is 2. The van der Waals surface area contributed by atoms with Gasteiger partial charge >= 0.3 is 0 Å². The fourth-order valence-corrected chi connectivity index (χ4v) is 2.58. The Hall–Kier alpha value is -2.41. The smallest absolute Gasteiger partial charge is 0.167 e. The number of hydrogen-bond donors (Lipinski definition) is 1. The number of pyridine rings is 1. The van der Waals surface area contributed by atoms with E-state index in [2.05, 4.69) is 25.6 Å². The number of nitrogens with zero attached hydrogens (tertiary/aromatic N) is 6. The number of hydrogen-bond acceptors (Lipinski definition) is 5. The molecule has 0 saturated carbocycles. The summed E-state index contributed by atoms with van der Waals surface area (Å²) in [4.78, 5) is 4.26. The monoisotopic (exact) mass is 317 g/mol. The van der Waals surface area contributed by atoms with Crippen molar-refractivity contribution in [3.05, 3.63) is 29.8 Å². The number of nitrogens with one attached hydrogen (secondary N) is 1. The van der Waals surface area contributed by atoms with Gasteiger partial charge in [0.1, 0.15) is 17.3 Å². The Morgan fingerprint density at radius 1 is 1.27 bits per heavy atom. The Bertz CT molecular complexity index is 805. The van der Waals surface area contributed by atoms with Gasteiger partial charge in [-0.05, 0) is 19.1 Å². The van der Waals surface area contributed by atoms with Crippen molar-refractivity contribution in [1.82, 2.24) is 29.5 Å². The largest absolute Gasteiger partial charge is 0.370 e. The lowest BCUT2D eigenvalue weighted by Gasteiger charge is -2.09. The van der Waals surface area contributed by atoms with Gasteiger partial charge < -0.3 is 9.88 Å². The number of anilines is 1. The van der Waals surface area contributed by atoms with E-state index in [-0.39, 0.29) is 0 Å². The predicted molar refractivity (Wildman–Crippen MR) is 85.6 cm³/mol. The highest BCUT2D eigenvalue weighted by molar-refractivity contribution is 6.29. The first-order valence-electron chi connectivity index (χ1n) is 6.88.